The zero-order valence-corrected chi connectivity index (χ0v) is 9.95. The van der Waals surface area contributed by atoms with Crippen molar-refractivity contribution in [3.63, 3.8) is 0 Å². The molecule has 1 aliphatic rings. The van der Waals surface area contributed by atoms with Crippen molar-refractivity contribution in [1.29, 1.82) is 0 Å². The third-order valence-corrected chi connectivity index (χ3v) is 2.87. The van der Waals surface area contributed by atoms with Gasteiger partial charge >= 0.3 is 0 Å². The monoisotopic (exact) mass is 235 g/mol. The molecule has 0 saturated carbocycles. The molecular formula is C12H17N3O2. The van der Waals surface area contributed by atoms with Gasteiger partial charge in [-0.25, -0.2) is 4.98 Å². The minimum absolute atomic E-state index is 0.369. The summed E-state index contributed by atoms with van der Waals surface area (Å²) in [6.07, 6.45) is 3.01. The highest BCUT2D eigenvalue weighted by Crippen LogP contribution is 2.26. The summed E-state index contributed by atoms with van der Waals surface area (Å²) in [7, 11) is 1.84. The van der Waals surface area contributed by atoms with Gasteiger partial charge in [-0.2, -0.15) is 0 Å². The minimum atomic E-state index is -0.480. The number of hydrogen-bond acceptors (Lipinski definition) is 4. The average Bonchev–Trinajstić information content (AvgIpc) is 2.75. The molecule has 0 spiro atoms. The zero-order valence-electron chi connectivity index (χ0n) is 9.95. The lowest BCUT2D eigenvalue weighted by molar-refractivity contribution is 0.0995. The summed E-state index contributed by atoms with van der Waals surface area (Å²) in [5.74, 6) is -0.111. The van der Waals surface area contributed by atoms with Crippen molar-refractivity contribution in [2.75, 3.05) is 20.2 Å². The fourth-order valence-electron chi connectivity index (χ4n) is 1.99. The first-order valence-corrected chi connectivity index (χ1v) is 5.82. The van der Waals surface area contributed by atoms with Crippen molar-refractivity contribution < 1.29 is 9.53 Å². The molecule has 5 heteroatoms. The van der Waals surface area contributed by atoms with Crippen LogP contribution in [-0.4, -0.2) is 31.1 Å². The molecule has 3 N–H and O–H groups in total. The van der Waals surface area contributed by atoms with Gasteiger partial charge in [0.1, 0.15) is 12.2 Å². The zero-order chi connectivity index (χ0) is 12.3. The summed E-state index contributed by atoms with van der Waals surface area (Å²) in [6, 6.07) is 1.83. The third-order valence-electron chi connectivity index (χ3n) is 2.87. The van der Waals surface area contributed by atoms with Crippen LogP contribution in [0.2, 0.25) is 0 Å². The first kappa shape index (κ1) is 11.9. The summed E-state index contributed by atoms with van der Waals surface area (Å²) in [4.78, 5) is 15.7. The number of pyridine rings is 1. The van der Waals surface area contributed by atoms with Gasteiger partial charge in [-0.15, -0.1) is 0 Å². The summed E-state index contributed by atoms with van der Waals surface area (Å²) in [5.41, 5.74) is 7.89. The number of likely N-dealkylation sites (N-methyl/N-ethyl adjacent to an activating group) is 1. The molecule has 0 atom stereocenters. The van der Waals surface area contributed by atoms with Gasteiger partial charge in [0.05, 0.1) is 0 Å². The molecule has 0 fully saturated rings. The highest BCUT2D eigenvalue weighted by Gasteiger charge is 2.19. The molecule has 5 nitrogen and oxygen atoms in total. The van der Waals surface area contributed by atoms with Crippen molar-refractivity contribution >= 4 is 5.91 Å². The second kappa shape index (κ2) is 5.14. The Balaban J connectivity index is 2.25. The van der Waals surface area contributed by atoms with E-state index in [9.17, 15) is 4.79 Å². The van der Waals surface area contributed by atoms with Crippen LogP contribution >= 0.6 is 0 Å². The Hall–Kier alpha value is -1.62. The molecule has 1 aromatic heterocycles. The Morgan fingerprint density at radius 1 is 1.59 bits per heavy atom. The maximum Gasteiger partial charge on any atom is 0.254 e. The largest absolute Gasteiger partial charge is 0.476 e. The summed E-state index contributed by atoms with van der Waals surface area (Å²) in [5, 5.41) is 2.97. The van der Waals surface area contributed by atoms with Gasteiger partial charge in [0.25, 0.3) is 5.91 Å². The predicted octanol–water partition coefficient (Wildman–Crippen LogP) is 0.267. The van der Waals surface area contributed by atoms with E-state index in [0.717, 1.165) is 30.5 Å². The molecule has 1 aliphatic carbocycles. The van der Waals surface area contributed by atoms with Crippen molar-refractivity contribution in [2.24, 2.45) is 5.73 Å². The fraction of sp³-hybridized carbons (Fsp3) is 0.500. The quantitative estimate of drug-likeness (QED) is 0.718. The van der Waals surface area contributed by atoms with Gasteiger partial charge in [-0.1, -0.05) is 0 Å². The van der Waals surface area contributed by atoms with Gasteiger partial charge < -0.3 is 15.8 Å². The number of nitrogens with one attached hydrogen (secondary N) is 1. The summed E-state index contributed by atoms with van der Waals surface area (Å²) in [6.45, 7) is 1.18. The van der Waals surface area contributed by atoms with Crippen LogP contribution in [0.1, 0.15) is 28.0 Å². The Kier molecular flexibility index (Phi) is 3.58. The SMILES string of the molecule is CNCCOc1nc2c(cc1C(N)=O)CCC2. The first-order chi connectivity index (χ1) is 8.22. The van der Waals surface area contributed by atoms with E-state index in [1.165, 1.54) is 0 Å². The number of primary amides is 1. The number of nitrogens with two attached hydrogens (primary N) is 1. The normalized spacial score (nSPS) is 13.5. The van der Waals surface area contributed by atoms with Crippen LogP contribution < -0.4 is 15.8 Å². The van der Waals surface area contributed by atoms with Gasteiger partial charge in [-0.05, 0) is 37.9 Å². The lowest BCUT2D eigenvalue weighted by Gasteiger charge is -2.10. The number of fused-ring (bicyclic) bond motifs is 1. The molecule has 17 heavy (non-hydrogen) atoms. The van der Waals surface area contributed by atoms with Crippen LogP contribution in [0.3, 0.4) is 0 Å². The smallest absolute Gasteiger partial charge is 0.254 e. The minimum Gasteiger partial charge on any atom is -0.476 e. The van der Waals surface area contributed by atoms with Crippen molar-refractivity contribution in [3.05, 3.63) is 22.9 Å². The molecular weight excluding hydrogens is 218 g/mol. The van der Waals surface area contributed by atoms with Gasteiger partial charge in [0.2, 0.25) is 5.88 Å². The van der Waals surface area contributed by atoms with Crippen molar-refractivity contribution in [2.45, 2.75) is 19.3 Å². The number of hydrogen-bond donors (Lipinski definition) is 2. The summed E-state index contributed by atoms with van der Waals surface area (Å²) < 4.78 is 5.49. The van der Waals surface area contributed by atoms with Crippen LogP contribution in [0.5, 0.6) is 5.88 Å². The second-order valence-corrected chi connectivity index (χ2v) is 4.12. The van der Waals surface area contributed by atoms with Gasteiger partial charge in [0, 0.05) is 12.2 Å². The maximum atomic E-state index is 11.3. The van der Waals surface area contributed by atoms with Gasteiger partial charge in [0.15, 0.2) is 0 Å². The molecule has 92 valence electrons. The lowest BCUT2D eigenvalue weighted by atomic mass is 10.1. The van der Waals surface area contributed by atoms with Crippen LogP contribution in [0.25, 0.3) is 0 Å². The number of amides is 1. The number of aryl methyl sites for hydroxylation is 2. The molecule has 0 radical (unpaired) electrons. The van der Waals surface area contributed by atoms with E-state index in [4.69, 9.17) is 10.5 Å². The van der Waals surface area contributed by atoms with Crippen molar-refractivity contribution in [1.82, 2.24) is 10.3 Å². The highest BCUT2D eigenvalue weighted by molar-refractivity contribution is 5.95. The number of nitrogens with zero attached hydrogens (tertiary/aromatic N) is 1. The van der Waals surface area contributed by atoms with Crippen LogP contribution in [0, 0.1) is 0 Å². The highest BCUT2D eigenvalue weighted by atomic mass is 16.5. The Labute approximate surface area is 100 Å². The van der Waals surface area contributed by atoms with E-state index in [-0.39, 0.29) is 0 Å². The Morgan fingerprint density at radius 3 is 3.12 bits per heavy atom. The molecule has 2 rings (SSSR count). The lowest BCUT2D eigenvalue weighted by Crippen LogP contribution is -2.20. The number of ether oxygens (including phenoxy) is 1. The fourth-order valence-corrected chi connectivity index (χ4v) is 1.99. The number of carbonyl (C=O) groups is 1. The predicted molar refractivity (Wildman–Crippen MR) is 64.2 cm³/mol. The van der Waals surface area contributed by atoms with E-state index in [1.54, 1.807) is 0 Å². The molecule has 0 unspecified atom stereocenters. The van der Waals surface area contributed by atoms with E-state index in [1.807, 2.05) is 13.1 Å². The standard InChI is InChI=1S/C12H17N3O2/c1-14-5-6-17-12-9(11(13)16)7-8-3-2-4-10(8)15-12/h7,14H,2-6H2,1H3,(H2,13,16). The van der Waals surface area contributed by atoms with E-state index in [2.05, 4.69) is 10.3 Å². The Bertz CT molecular complexity index is 432. The van der Waals surface area contributed by atoms with E-state index >= 15 is 0 Å². The van der Waals surface area contributed by atoms with Crippen LogP contribution in [0.15, 0.2) is 6.07 Å². The number of carbonyl (C=O) groups excluding carboxylic acids is 1. The first-order valence-electron chi connectivity index (χ1n) is 5.82. The molecule has 1 aromatic rings. The van der Waals surface area contributed by atoms with Crippen LogP contribution in [0.4, 0.5) is 0 Å². The Morgan fingerprint density at radius 2 is 2.41 bits per heavy atom. The number of aromatic nitrogens is 1. The van der Waals surface area contributed by atoms with Gasteiger partial charge in [-0.3, -0.25) is 4.79 Å². The van der Waals surface area contributed by atoms with Crippen molar-refractivity contribution in [3.8, 4) is 5.88 Å². The summed E-state index contributed by atoms with van der Waals surface area (Å²) >= 11 is 0. The molecule has 0 bridgehead atoms. The maximum absolute atomic E-state index is 11.3. The molecule has 0 saturated heterocycles. The molecule has 0 aliphatic heterocycles. The second-order valence-electron chi connectivity index (χ2n) is 4.12. The van der Waals surface area contributed by atoms with E-state index < -0.39 is 5.91 Å². The topological polar surface area (TPSA) is 77.2 Å². The number of rotatable bonds is 5. The average molecular weight is 235 g/mol. The van der Waals surface area contributed by atoms with E-state index in [0.29, 0.717) is 24.6 Å². The third kappa shape index (κ3) is 2.55. The molecule has 1 amide bonds. The van der Waals surface area contributed by atoms with Crippen LogP contribution in [-0.2, 0) is 12.8 Å². The molecule has 0 aromatic carbocycles. The molecule has 1 heterocycles.